The van der Waals surface area contributed by atoms with Gasteiger partial charge in [0.15, 0.2) is 5.75 Å². The molecule has 1 fully saturated rings. The first-order valence-corrected chi connectivity index (χ1v) is 18.2. The molecular weight excluding hydrogens is 461 g/mol. The minimum absolute atomic E-state index is 0. The number of hydrogen-bond acceptors (Lipinski definition) is 2. The quantitative estimate of drug-likeness (QED) is 0.134. The molecule has 0 spiro atoms. The fourth-order valence-electron chi connectivity index (χ4n) is 5.75. The molecule has 0 saturated heterocycles. The summed E-state index contributed by atoms with van der Waals surface area (Å²) < 4.78 is 20.4. The Hall–Kier alpha value is -1.68. The Morgan fingerprint density at radius 2 is 1.56 bits per heavy atom. The van der Waals surface area contributed by atoms with Crippen LogP contribution < -0.4 is 4.74 Å². The van der Waals surface area contributed by atoms with Gasteiger partial charge in [-0.1, -0.05) is 108 Å². The number of aromatic nitrogens is 1. The predicted molar refractivity (Wildman–Crippen MR) is 157 cm³/mol. The van der Waals surface area contributed by atoms with E-state index in [0.717, 1.165) is 17.9 Å². The van der Waals surface area contributed by atoms with E-state index >= 15 is 0 Å². The van der Waals surface area contributed by atoms with Crippen LogP contribution in [0, 0.1) is 11.9 Å². The molecule has 1 aromatic heterocycles. The van der Waals surface area contributed by atoms with Gasteiger partial charge in [-0.05, 0) is 61.6 Å². The number of benzene rings is 1. The normalized spacial score (nSPS) is 18.4. The largest absolute Gasteiger partial charge is 0.489 e. The Bertz CT molecular complexity index is 896. The minimum atomic E-state index is -1.08. The molecule has 1 aliphatic carbocycles. The third-order valence-electron chi connectivity index (χ3n) is 8.27. The van der Waals surface area contributed by atoms with E-state index in [0.29, 0.717) is 18.2 Å². The van der Waals surface area contributed by atoms with Crippen LogP contribution in [0.1, 0.15) is 104 Å². The molecule has 4 heteroatoms. The summed E-state index contributed by atoms with van der Waals surface area (Å²) in [5.41, 5.74) is 3.07. The number of pyridine rings is 1. The molecular formula is C32H52FNOSi. The average molecular weight is 514 g/mol. The zero-order valence-electron chi connectivity index (χ0n) is 23.5. The summed E-state index contributed by atoms with van der Waals surface area (Å²) >= 11 is 0. The van der Waals surface area contributed by atoms with Crippen molar-refractivity contribution in [2.75, 3.05) is 6.61 Å². The van der Waals surface area contributed by atoms with E-state index in [1.807, 2.05) is 6.07 Å². The van der Waals surface area contributed by atoms with E-state index in [9.17, 15) is 4.39 Å². The summed E-state index contributed by atoms with van der Waals surface area (Å²) in [6, 6.07) is 15.0. The van der Waals surface area contributed by atoms with E-state index in [2.05, 4.69) is 56.2 Å². The van der Waals surface area contributed by atoms with Crippen LogP contribution in [0.25, 0.3) is 11.3 Å². The van der Waals surface area contributed by atoms with Gasteiger partial charge in [-0.15, -0.1) is 0 Å². The third kappa shape index (κ3) is 9.32. The lowest BCUT2D eigenvalue weighted by molar-refractivity contribution is 0.290. The van der Waals surface area contributed by atoms with Gasteiger partial charge in [0, 0.05) is 15.1 Å². The second-order valence-corrected chi connectivity index (χ2v) is 17.2. The van der Waals surface area contributed by atoms with Gasteiger partial charge in [0.25, 0.3) is 5.95 Å². The Kier molecular flexibility index (Phi) is 12.0. The Morgan fingerprint density at radius 3 is 2.22 bits per heavy atom. The minimum Gasteiger partial charge on any atom is -0.489 e. The fraction of sp³-hybridized carbons (Fsp3) is 0.656. The van der Waals surface area contributed by atoms with Gasteiger partial charge >= 0.3 is 0 Å². The summed E-state index contributed by atoms with van der Waals surface area (Å²) in [5, 5.41) is 0. The molecule has 202 valence electrons. The number of unbranched alkanes of at least 4 members (excludes halogenated alkanes) is 4. The summed E-state index contributed by atoms with van der Waals surface area (Å²) in [6.07, 6.45) is 15.6. The van der Waals surface area contributed by atoms with Crippen molar-refractivity contribution in [1.82, 2.24) is 4.98 Å². The molecule has 0 radical (unpaired) electrons. The lowest BCUT2D eigenvalue weighted by atomic mass is 9.77. The van der Waals surface area contributed by atoms with Crippen molar-refractivity contribution in [3.05, 3.63) is 47.9 Å². The lowest BCUT2D eigenvalue weighted by Crippen LogP contribution is -2.24. The monoisotopic (exact) mass is 513 g/mol. The summed E-state index contributed by atoms with van der Waals surface area (Å²) in [4.78, 5) is 4.22. The Balaban J connectivity index is 0.00000481. The van der Waals surface area contributed by atoms with Gasteiger partial charge in [-0.3, -0.25) is 0 Å². The van der Waals surface area contributed by atoms with Gasteiger partial charge in [-0.2, -0.15) is 4.39 Å². The van der Waals surface area contributed by atoms with E-state index in [1.54, 1.807) is 6.07 Å². The number of halogens is 1. The van der Waals surface area contributed by atoms with Crippen LogP contribution >= 0.6 is 0 Å². The fourth-order valence-corrected chi connectivity index (χ4v) is 8.52. The van der Waals surface area contributed by atoms with Crippen LogP contribution in [0.3, 0.4) is 0 Å². The third-order valence-corrected chi connectivity index (χ3v) is 11.7. The maximum Gasteiger partial charge on any atom is 0.255 e. The molecule has 0 aliphatic heterocycles. The van der Waals surface area contributed by atoms with E-state index in [-0.39, 0.29) is 7.18 Å². The molecule has 1 aromatic carbocycles. The topological polar surface area (TPSA) is 22.1 Å². The highest BCUT2D eigenvalue weighted by molar-refractivity contribution is 6.77. The van der Waals surface area contributed by atoms with E-state index in [1.165, 1.54) is 88.3 Å². The summed E-state index contributed by atoms with van der Waals surface area (Å²) in [7, 11) is -1.08. The first-order chi connectivity index (χ1) is 17.4. The second kappa shape index (κ2) is 14.9. The maximum atomic E-state index is 14.7. The smallest absolute Gasteiger partial charge is 0.255 e. The standard InChI is InChI=1S/C32H50FNOSi.H2/c1-5-7-9-12-26-13-15-27(16-14-26)28-17-19-29(20-18-28)30-21-22-31(32(33)34-30)35-23-10-11-25-36(3,4)24-8-6-2;/h17-22,26-27H,5-16,23-25H2,1-4H3;1H. The van der Waals surface area contributed by atoms with E-state index in [4.69, 9.17) is 4.74 Å². The van der Waals surface area contributed by atoms with Gasteiger partial charge in [-0.25, -0.2) is 4.98 Å². The van der Waals surface area contributed by atoms with Crippen LogP contribution in [0.5, 0.6) is 5.75 Å². The highest BCUT2D eigenvalue weighted by Gasteiger charge is 2.22. The van der Waals surface area contributed by atoms with Crippen molar-refractivity contribution < 1.29 is 10.6 Å². The molecule has 2 nitrogen and oxygen atoms in total. The van der Waals surface area contributed by atoms with Crippen molar-refractivity contribution in [3.63, 3.8) is 0 Å². The van der Waals surface area contributed by atoms with Crippen molar-refractivity contribution in [2.24, 2.45) is 5.92 Å². The lowest BCUT2D eigenvalue weighted by Gasteiger charge is -2.29. The van der Waals surface area contributed by atoms with E-state index < -0.39 is 14.0 Å². The molecule has 1 saturated carbocycles. The summed E-state index contributed by atoms with van der Waals surface area (Å²) in [5.74, 6) is 1.37. The van der Waals surface area contributed by atoms with Crippen molar-refractivity contribution in [1.29, 1.82) is 0 Å². The molecule has 0 atom stereocenters. The van der Waals surface area contributed by atoms with Gasteiger partial charge in [0.05, 0.1) is 12.3 Å². The Labute approximate surface area is 223 Å². The zero-order chi connectivity index (χ0) is 25.8. The Morgan fingerprint density at radius 1 is 0.861 bits per heavy atom. The average Bonchev–Trinajstić information content (AvgIpc) is 2.89. The molecule has 1 aliphatic rings. The predicted octanol–water partition coefficient (Wildman–Crippen LogP) is 10.7. The maximum absolute atomic E-state index is 14.7. The van der Waals surface area contributed by atoms with Crippen molar-refractivity contribution in [3.8, 4) is 17.0 Å². The molecule has 0 N–H and O–H groups in total. The van der Waals surface area contributed by atoms with Crippen molar-refractivity contribution in [2.45, 2.75) is 122 Å². The van der Waals surface area contributed by atoms with Crippen LogP contribution in [-0.2, 0) is 0 Å². The number of rotatable bonds is 15. The second-order valence-electron chi connectivity index (χ2n) is 11.9. The van der Waals surface area contributed by atoms with Gasteiger partial charge in [0.1, 0.15) is 0 Å². The zero-order valence-corrected chi connectivity index (χ0v) is 24.5. The number of nitrogens with zero attached hydrogens (tertiary/aromatic N) is 1. The molecule has 1 heterocycles. The van der Waals surface area contributed by atoms with Gasteiger partial charge in [0.2, 0.25) is 0 Å². The SMILES string of the molecule is CCCCCC1CCC(c2ccc(-c3ccc(OCCCC[Si](C)(C)CCCC)c(F)n3)cc2)CC1.[HH]. The molecule has 0 bridgehead atoms. The van der Waals surface area contributed by atoms with Crippen LogP contribution in [-0.4, -0.2) is 19.7 Å². The highest BCUT2D eigenvalue weighted by atomic mass is 28.3. The molecule has 0 amide bonds. The van der Waals surface area contributed by atoms with Crippen LogP contribution in [0.4, 0.5) is 4.39 Å². The first kappa shape index (κ1) is 28.9. The van der Waals surface area contributed by atoms with Crippen LogP contribution in [0.15, 0.2) is 36.4 Å². The summed E-state index contributed by atoms with van der Waals surface area (Å²) in [6.45, 7) is 10.1. The molecule has 2 aromatic rings. The molecule has 0 unspecified atom stereocenters. The van der Waals surface area contributed by atoms with Crippen LogP contribution in [0.2, 0.25) is 25.2 Å². The molecule has 36 heavy (non-hydrogen) atoms. The van der Waals surface area contributed by atoms with Crippen molar-refractivity contribution >= 4 is 8.07 Å². The first-order valence-electron chi connectivity index (χ1n) is 14.8. The number of ether oxygens (including phenoxy) is 1. The van der Waals surface area contributed by atoms with Gasteiger partial charge < -0.3 is 4.74 Å². The number of hydrogen-bond donors (Lipinski definition) is 0. The highest BCUT2D eigenvalue weighted by Crippen LogP contribution is 2.38. The molecule has 3 rings (SSSR count).